The molecule has 1 atom stereocenters. The Morgan fingerprint density at radius 2 is 2.22 bits per heavy atom. The zero-order valence-corrected chi connectivity index (χ0v) is 13.6. The van der Waals surface area contributed by atoms with E-state index >= 15 is 0 Å². The Kier molecular flexibility index (Phi) is 4.53. The molecule has 23 heavy (non-hydrogen) atoms. The zero-order valence-electron chi connectivity index (χ0n) is 12.8. The number of hydrogen-bond donors (Lipinski definition) is 1. The number of thiophene rings is 1. The van der Waals surface area contributed by atoms with Gasteiger partial charge in [-0.15, -0.1) is 11.3 Å². The maximum atomic E-state index is 12.1. The van der Waals surface area contributed by atoms with Crippen LogP contribution in [0.4, 0.5) is 0 Å². The second-order valence-corrected chi connectivity index (χ2v) is 6.49. The van der Waals surface area contributed by atoms with Crippen molar-refractivity contribution in [2.24, 2.45) is 5.73 Å². The molecule has 2 aromatic rings. The lowest BCUT2D eigenvalue weighted by Gasteiger charge is -2.16. The van der Waals surface area contributed by atoms with Crippen LogP contribution >= 0.6 is 11.3 Å². The van der Waals surface area contributed by atoms with Crippen molar-refractivity contribution in [3.8, 4) is 0 Å². The van der Waals surface area contributed by atoms with Crippen LogP contribution in [0.2, 0.25) is 0 Å². The highest BCUT2D eigenvalue weighted by atomic mass is 32.1. The molecule has 0 saturated carbocycles. The summed E-state index contributed by atoms with van der Waals surface area (Å²) < 4.78 is 4.95. The van der Waals surface area contributed by atoms with Gasteiger partial charge in [-0.2, -0.15) is 0 Å². The number of ether oxygens (including phenoxy) is 1. The maximum Gasteiger partial charge on any atom is 0.259 e. The van der Waals surface area contributed by atoms with Crippen LogP contribution in [-0.2, 0) is 9.53 Å². The van der Waals surface area contributed by atoms with Crippen molar-refractivity contribution in [1.82, 2.24) is 14.9 Å². The minimum atomic E-state index is -0.464. The second-order valence-electron chi connectivity index (χ2n) is 5.49. The van der Waals surface area contributed by atoms with E-state index in [0.29, 0.717) is 35.8 Å². The first-order chi connectivity index (χ1) is 11.1. The number of likely N-dealkylation sites (tertiary alicyclic amines) is 1. The molecule has 0 aliphatic carbocycles. The van der Waals surface area contributed by atoms with Crippen LogP contribution in [0.15, 0.2) is 12.4 Å². The van der Waals surface area contributed by atoms with E-state index < -0.39 is 5.91 Å². The summed E-state index contributed by atoms with van der Waals surface area (Å²) >= 11 is 1.27. The Morgan fingerprint density at radius 3 is 2.96 bits per heavy atom. The predicted octanol–water partition coefficient (Wildman–Crippen LogP) is 1.14. The van der Waals surface area contributed by atoms with Crippen LogP contribution in [0.3, 0.4) is 0 Å². The van der Waals surface area contributed by atoms with Gasteiger partial charge in [0.15, 0.2) is 0 Å². The Hall–Kier alpha value is -2.06. The van der Waals surface area contributed by atoms with E-state index in [2.05, 4.69) is 9.97 Å². The highest BCUT2D eigenvalue weighted by Gasteiger charge is 2.32. The standard InChI is InChI=1S/C15H18N4O3S/c1-22-7-3-10(20)19-6-2-9(8-19)11-12-15(18-5-4-17-12)23-13(11)14(16)21/h4-5,9H,2-3,6-8H2,1H3,(H2,16,21). The molecule has 8 heteroatoms. The highest BCUT2D eigenvalue weighted by molar-refractivity contribution is 7.20. The number of rotatable bonds is 5. The number of primary amides is 1. The first kappa shape index (κ1) is 15.8. The van der Waals surface area contributed by atoms with Gasteiger partial charge in [0.2, 0.25) is 5.91 Å². The number of hydrogen-bond acceptors (Lipinski definition) is 6. The molecule has 1 aliphatic heterocycles. The molecule has 122 valence electrons. The van der Waals surface area contributed by atoms with E-state index in [1.807, 2.05) is 4.90 Å². The molecule has 2 N–H and O–H groups in total. The molecule has 1 aliphatic rings. The molecule has 2 amide bonds. The summed E-state index contributed by atoms with van der Waals surface area (Å²) in [5.41, 5.74) is 7.09. The molecular formula is C15H18N4O3S. The van der Waals surface area contributed by atoms with Gasteiger partial charge in [-0.05, 0) is 6.42 Å². The molecule has 1 fully saturated rings. The van der Waals surface area contributed by atoms with Crippen LogP contribution in [0.5, 0.6) is 0 Å². The van der Waals surface area contributed by atoms with Gasteiger partial charge in [-0.3, -0.25) is 14.6 Å². The van der Waals surface area contributed by atoms with Crippen LogP contribution in [0, 0.1) is 0 Å². The number of methoxy groups -OCH3 is 1. The molecule has 3 heterocycles. The van der Waals surface area contributed by atoms with Gasteiger partial charge in [-0.25, -0.2) is 4.98 Å². The number of carbonyl (C=O) groups is 2. The maximum absolute atomic E-state index is 12.1. The summed E-state index contributed by atoms with van der Waals surface area (Å²) in [4.78, 5) is 35.6. The topological polar surface area (TPSA) is 98.4 Å². The number of carbonyl (C=O) groups excluding carboxylic acids is 2. The van der Waals surface area contributed by atoms with Crippen molar-refractivity contribution in [1.29, 1.82) is 0 Å². The molecule has 3 rings (SSSR count). The van der Waals surface area contributed by atoms with Crippen molar-refractivity contribution in [2.75, 3.05) is 26.8 Å². The third kappa shape index (κ3) is 3.04. The number of fused-ring (bicyclic) bond motifs is 1. The Morgan fingerprint density at radius 1 is 1.43 bits per heavy atom. The number of amides is 2. The van der Waals surface area contributed by atoms with Crippen LogP contribution in [0.1, 0.15) is 34.0 Å². The summed E-state index contributed by atoms with van der Waals surface area (Å²) in [6, 6.07) is 0. The zero-order chi connectivity index (χ0) is 16.4. The Bertz CT molecular complexity index is 745. The normalized spacial score (nSPS) is 17.8. The fourth-order valence-corrected chi connectivity index (χ4v) is 4.02. The average molecular weight is 334 g/mol. The number of nitrogens with two attached hydrogens (primary N) is 1. The van der Waals surface area contributed by atoms with Crippen molar-refractivity contribution in [2.45, 2.75) is 18.8 Å². The summed E-state index contributed by atoms with van der Waals surface area (Å²) in [6.07, 6.45) is 4.37. The minimum absolute atomic E-state index is 0.0643. The lowest BCUT2D eigenvalue weighted by molar-refractivity contribution is -0.131. The largest absolute Gasteiger partial charge is 0.384 e. The smallest absolute Gasteiger partial charge is 0.259 e. The van der Waals surface area contributed by atoms with Crippen LogP contribution in [0.25, 0.3) is 10.3 Å². The van der Waals surface area contributed by atoms with E-state index in [-0.39, 0.29) is 11.8 Å². The quantitative estimate of drug-likeness (QED) is 0.884. The highest BCUT2D eigenvalue weighted by Crippen LogP contribution is 2.38. The Balaban J connectivity index is 1.88. The second kappa shape index (κ2) is 6.59. The first-order valence-electron chi connectivity index (χ1n) is 7.41. The van der Waals surface area contributed by atoms with Crippen molar-refractivity contribution in [3.63, 3.8) is 0 Å². The summed E-state index contributed by atoms with van der Waals surface area (Å²) in [5, 5.41) is 0. The summed E-state index contributed by atoms with van der Waals surface area (Å²) in [6.45, 7) is 1.66. The SMILES string of the molecule is COCCC(=O)N1CCC(c2c(C(N)=O)sc3nccnc23)C1. The first-order valence-corrected chi connectivity index (χ1v) is 8.23. The fourth-order valence-electron chi connectivity index (χ4n) is 2.98. The van der Waals surface area contributed by atoms with E-state index in [1.54, 1.807) is 19.5 Å². The number of aromatic nitrogens is 2. The molecule has 0 spiro atoms. The van der Waals surface area contributed by atoms with Gasteiger partial charge in [0, 0.05) is 44.1 Å². The van der Waals surface area contributed by atoms with Gasteiger partial charge in [0.1, 0.15) is 10.3 Å². The lowest BCUT2D eigenvalue weighted by Crippen LogP contribution is -2.29. The predicted molar refractivity (Wildman–Crippen MR) is 86.4 cm³/mol. The van der Waals surface area contributed by atoms with E-state index in [4.69, 9.17) is 10.5 Å². The molecule has 0 radical (unpaired) electrons. The van der Waals surface area contributed by atoms with E-state index in [1.165, 1.54) is 11.3 Å². The molecule has 0 aromatic carbocycles. The molecular weight excluding hydrogens is 316 g/mol. The third-order valence-corrected chi connectivity index (χ3v) is 5.17. The van der Waals surface area contributed by atoms with Crippen molar-refractivity contribution < 1.29 is 14.3 Å². The van der Waals surface area contributed by atoms with E-state index in [0.717, 1.165) is 17.5 Å². The van der Waals surface area contributed by atoms with Crippen LogP contribution in [-0.4, -0.2) is 53.5 Å². The third-order valence-electron chi connectivity index (χ3n) is 4.06. The molecule has 2 aromatic heterocycles. The van der Waals surface area contributed by atoms with E-state index in [9.17, 15) is 9.59 Å². The van der Waals surface area contributed by atoms with Crippen molar-refractivity contribution in [3.05, 3.63) is 22.8 Å². The monoisotopic (exact) mass is 334 g/mol. The minimum Gasteiger partial charge on any atom is -0.384 e. The fraction of sp³-hybridized carbons (Fsp3) is 0.467. The van der Waals surface area contributed by atoms with Crippen molar-refractivity contribution >= 4 is 33.5 Å². The van der Waals surface area contributed by atoms with Gasteiger partial charge in [0.25, 0.3) is 5.91 Å². The molecule has 1 saturated heterocycles. The lowest BCUT2D eigenvalue weighted by atomic mass is 9.97. The van der Waals surface area contributed by atoms with Crippen LogP contribution < -0.4 is 5.73 Å². The molecule has 7 nitrogen and oxygen atoms in total. The Labute approximate surface area is 137 Å². The van der Waals surface area contributed by atoms with Gasteiger partial charge >= 0.3 is 0 Å². The van der Waals surface area contributed by atoms with Gasteiger partial charge in [0.05, 0.1) is 17.9 Å². The molecule has 0 bridgehead atoms. The van der Waals surface area contributed by atoms with Gasteiger partial charge in [-0.1, -0.05) is 0 Å². The average Bonchev–Trinajstić information content (AvgIpc) is 3.16. The number of nitrogens with zero attached hydrogens (tertiary/aromatic N) is 3. The molecule has 1 unspecified atom stereocenters. The summed E-state index contributed by atoms with van der Waals surface area (Å²) in [5.74, 6) is -0.330. The van der Waals surface area contributed by atoms with Gasteiger partial charge < -0.3 is 15.4 Å². The summed E-state index contributed by atoms with van der Waals surface area (Å²) in [7, 11) is 1.58.